The van der Waals surface area contributed by atoms with Crippen LogP contribution in [0, 0.1) is 0 Å². The molecule has 0 nitrogen and oxygen atoms in total. The lowest BCUT2D eigenvalue weighted by Crippen LogP contribution is -2.33. The van der Waals surface area contributed by atoms with Crippen LogP contribution in [0.15, 0.2) is 60.7 Å². The zero-order valence-corrected chi connectivity index (χ0v) is 15.2. The molecule has 3 aromatic carbocycles. The average Bonchev–Trinajstić information content (AvgIpc) is 2.58. The molecule has 24 heavy (non-hydrogen) atoms. The molecule has 0 heterocycles. The molecule has 0 radical (unpaired) electrons. The van der Waals surface area contributed by atoms with Crippen molar-refractivity contribution in [2.45, 2.75) is 51.4 Å². The van der Waals surface area contributed by atoms with E-state index in [1.165, 1.54) is 45.9 Å². The first kappa shape index (κ1) is 15.4. The van der Waals surface area contributed by atoms with Crippen molar-refractivity contribution in [2.24, 2.45) is 0 Å². The Morgan fingerprint density at radius 3 is 1.92 bits per heavy atom. The summed E-state index contributed by atoms with van der Waals surface area (Å²) in [7, 11) is 0. The summed E-state index contributed by atoms with van der Waals surface area (Å²) in [5, 5.41) is 2.62. The van der Waals surface area contributed by atoms with E-state index in [-0.39, 0.29) is 10.8 Å². The molecule has 0 N–H and O–H groups in total. The van der Waals surface area contributed by atoms with Gasteiger partial charge in [-0.15, -0.1) is 0 Å². The highest BCUT2D eigenvalue weighted by molar-refractivity contribution is 5.87. The maximum atomic E-state index is 2.44. The second-order valence-corrected chi connectivity index (χ2v) is 8.59. The standard InChI is InChI=1S/C24H26/c1-23(2)13-14-24(3,4)22-16-20(11-12-21(22)23)19-10-9-17-7-5-6-8-18(17)15-19/h5-12,15-16H,13-14H2,1-4H3. The first-order valence-corrected chi connectivity index (χ1v) is 9.01. The number of benzene rings is 3. The summed E-state index contributed by atoms with van der Waals surface area (Å²) in [5.74, 6) is 0. The molecule has 0 saturated heterocycles. The summed E-state index contributed by atoms with van der Waals surface area (Å²) < 4.78 is 0. The molecule has 0 aromatic heterocycles. The molecule has 1 aliphatic carbocycles. The minimum Gasteiger partial charge on any atom is -0.0616 e. The van der Waals surface area contributed by atoms with Gasteiger partial charge >= 0.3 is 0 Å². The topological polar surface area (TPSA) is 0 Å². The quantitative estimate of drug-likeness (QED) is 0.460. The third-order valence-electron chi connectivity index (χ3n) is 5.94. The van der Waals surface area contributed by atoms with Crippen molar-refractivity contribution in [2.75, 3.05) is 0 Å². The Kier molecular flexibility index (Phi) is 3.35. The van der Waals surface area contributed by atoms with Crippen LogP contribution in [0.1, 0.15) is 51.7 Å². The third-order valence-corrected chi connectivity index (χ3v) is 5.94. The molecule has 4 rings (SSSR count). The molecule has 0 aliphatic heterocycles. The van der Waals surface area contributed by atoms with Gasteiger partial charge in [0.15, 0.2) is 0 Å². The molecular weight excluding hydrogens is 288 g/mol. The van der Waals surface area contributed by atoms with E-state index in [1.807, 2.05) is 0 Å². The third kappa shape index (κ3) is 2.45. The van der Waals surface area contributed by atoms with Gasteiger partial charge in [0.05, 0.1) is 0 Å². The summed E-state index contributed by atoms with van der Waals surface area (Å²) in [6, 6.07) is 22.5. The van der Waals surface area contributed by atoms with Gasteiger partial charge in [0.2, 0.25) is 0 Å². The minimum absolute atomic E-state index is 0.262. The van der Waals surface area contributed by atoms with Crippen LogP contribution in [0.2, 0.25) is 0 Å². The summed E-state index contributed by atoms with van der Waals surface area (Å²) in [4.78, 5) is 0. The normalized spacial score (nSPS) is 18.3. The highest BCUT2D eigenvalue weighted by Crippen LogP contribution is 2.46. The van der Waals surface area contributed by atoms with Crippen molar-refractivity contribution in [3.05, 3.63) is 71.8 Å². The Labute approximate surface area is 145 Å². The van der Waals surface area contributed by atoms with Gasteiger partial charge in [-0.25, -0.2) is 0 Å². The Morgan fingerprint density at radius 1 is 0.583 bits per heavy atom. The molecule has 0 unspecified atom stereocenters. The second-order valence-electron chi connectivity index (χ2n) is 8.59. The Bertz CT molecular complexity index is 912. The molecule has 0 spiro atoms. The lowest BCUT2D eigenvalue weighted by molar-refractivity contribution is 0.332. The fourth-order valence-corrected chi connectivity index (χ4v) is 4.14. The molecular formula is C24H26. The van der Waals surface area contributed by atoms with Gasteiger partial charge < -0.3 is 0 Å². The van der Waals surface area contributed by atoms with Crippen LogP contribution in [0.25, 0.3) is 21.9 Å². The van der Waals surface area contributed by atoms with Crippen LogP contribution in [-0.2, 0) is 10.8 Å². The molecule has 0 bridgehead atoms. The summed E-state index contributed by atoms with van der Waals surface area (Å²) >= 11 is 0. The molecule has 0 atom stereocenters. The maximum Gasteiger partial charge on any atom is -0.0100 e. The van der Waals surface area contributed by atoms with E-state index < -0.39 is 0 Å². The maximum absolute atomic E-state index is 2.44. The molecule has 0 saturated carbocycles. The fraction of sp³-hybridized carbons (Fsp3) is 0.333. The van der Waals surface area contributed by atoms with E-state index in [0.717, 1.165) is 0 Å². The van der Waals surface area contributed by atoms with E-state index in [4.69, 9.17) is 0 Å². The van der Waals surface area contributed by atoms with Crippen molar-refractivity contribution in [1.82, 2.24) is 0 Å². The molecule has 122 valence electrons. The number of hydrogen-bond donors (Lipinski definition) is 0. The predicted octanol–water partition coefficient (Wildman–Crippen LogP) is 6.86. The Balaban J connectivity index is 1.87. The number of rotatable bonds is 1. The highest BCUT2D eigenvalue weighted by Gasteiger charge is 2.36. The summed E-state index contributed by atoms with van der Waals surface area (Å²) in [6.07, 6.45) is 2.52. The average molecular weight is 314 g/mol. The monoisotopic (exact) mass is 314 g/mol. The molecule has 3 aromatic rings. The molecule has 0 fully saturated rings. The lowest BCUT2D eigenvalue weighted by atomic mass is 9.63. The van der Waals surface area contributed by atoms with Gasteiger partial charge in [-0.1, -0.05) is 82.3 Å². The predicted molar refractivity (Wildman–Crippen MR) is 105 cm³/mol. The van der Waals surface area contributed by atoms with Crippen molar-refractivity contribution in [3.63, 3.8) is 0 Å². The molecule has 0 heteroatoms. The smallest absolute Gasteiger partial charge is 0.0100 e. The lowest BCUT2D eigenvalue weighted by Gasteiger charge is -2.42. The minimum atomic E-state index is 0.262. The van der Waals surface area contributed by atoms with E-state index in [2.05, 4.69) is 88.4 Å². The van der Waals surface area contributed by atoms with Crippen LogP contribution in [0.3, 0.4) is 0 Å². The van der Waals surface area contributed by atoms with Gasteiger partial charge in [-0.3, -0.25) is 0 Å². The van der Waals surface area contributed by atoms with Crippen LogP contribution in [-0.4, -0.2) is 0 Å². The van der Waals surface area contributed by atoms with Gasteiger partial charge in [0, 0.05) is 0 Å². The van der Waals surface area contributed by atoms with E-state index in [0.29, 0.717) is 0 Å². The fourth-order valence-electron chi connectivity index (χ4n) is 4.14. The van der Waals surface area contributed by atoms with Crippen molar-refractivity contribution < 1.29 is 0 Å². The van der Waals surface area contributed by atoms with Crippen LogP contribution in [0.4, 0.5) is 0 Å². The van der Waals surface area contributed by atoms with Gasteiger partial charge in [-0.05, 0) is 62.8 Å². The summed E-state index contributed by atoms with van der Waals surface area (Å²) in [5.41, 5.74) is 6.26. The van der Waals surface area contributed by atoms with E-state index in [1.54, 1.807) is 0 Å². The highest BCUT2D eigenvalue weighted by atomic mass is 14.4. The largest absolute Gasteiger partial charge is 0.0616 e. The van der Waals surface area contributed by atoms with E-state index in [9.17, 15) is 0 Å². The van der Waals surface area contributed by atoms with Gasteiger partial charge in [0.25, 0.3) is 0 Å². The summed E-state index contributed by atoms with van der Waals surface area (Å²) in [6.45, 7) is 9.56. The van der Waals surface area contributed by atoms with Crippen LogP contribution in [0.5, 0.6) is 0 Å². The van der Waals surface area contributed by atoms with Gasteiger partial charge in [-0.2, -0.15) is 0 Å². The first-order valence-electron chi connectivity index (χ1n) is 9.01. The zero-order chi connectivity index (χ0) is 16.9. The van der Waals surface area contributed by atoms with Gasteiger partial charge in [0.1, 0.15) is 0 Å². The van der Waals surface area contributed by atoms with Crippen molar-refractivity contribution in [3.8, 4) is 11.1 Å². The second kappa shape index (κ2) is 5.21. The van der Waals surface area contributed by atoms with Crippen LogP contribution < -0.4 is 0 Å². The Morgan fingerprint density at radius 2 is 1.17 bits per heavy atom. The zero-order valence-electron chi connectivity index (χ0n) is 15.2. The number of fused-ring (bicyclic) bond motifs is 2. The molecule has 1 aliphatic rings. The van der Waals surface area contributed by atoms with E-state index >= 15 is 0 Å². The SMILES string of the molecule is CC1(C)CCC(C)(C)c2cc(-c3ccc4ccccc4c3)ccc21. The number of hydrogen-bond acceptors (Lipinski definition) is 0. The van der Waals surface area contributed by atoms with Crippen LogP contribution >= 0.6 is 0 Å². The van der Waals surface area contributed by atoms with Crippen molar-refractivity contribution >= 4 is 10.8 Å². The van der Waals surface area contributed by atoms with Crippen molar-refractivity contribution in [1.29, 1.82) is 0 Å². The first-order chi connectivity index (χ1) is 11.4. The Hall–Kier alpha value is -2.08. The molecule has 0 amide bonds.